The molecule has 4 nitrogen and oxygen atoms in total. The molecule has 1 fully saturated rings. The minimum absolute atomic E-state index is 0.258. The van der Waals surface area contributed by atoms with Crippen LogP contribution in [0.2, 0.25) is 0 Å². The van der Waals surface area contributed by atoms with Crippen LogP contribution < -0.4 is 0 Å². The lowest BCUT2D eigenvalue weighted by Gasteiger charge is -2.50. The van der Waals surface area contributed by atoms with Crippen LogP contribution in [-0.4, -0.2) is 39.0 Å². The number of rotatable bonds is 16. The van der Waals surface area contributed by atoms with Gasteiger partial charge in [0.05, 0.1) is 5.41 Å². The number of hydrogen-bond donors (Lipinski definition) is 0. The van der Waals surface area contributed by atoms with Gasteiger partial charge in [-0.1, -0.05) is 52.4 Å². The molecule has 1 saturated carbocycles. The number of unbranched alkanes of at least 4 members (excludes halogenated alkanes) is 2. The highest BCUT2D eigenvalue weighted by atomic mass is 16.7. The third kappa shape index (κ3) is 6.97. The standard InChI is InChI=1S/C24H48O4/c1-7-13-14-15-20-16-18-21(19-17-20)24(8-2,22(25-9-3)26-10-4)23(27-11-5)28-12-6/h20-23H,7-19H2,1-6H3. The first-order valence-electron chi connectivity index (χ1n) is 12.1. The van der Waals surface area contributed by atoms with Crippen LogP contribution in [0.4, 0.5) is 0 Å². The Bertz CT molecular complexity index is 338. The highest BCUT2D eigenvalue weighted by Crippen LogP contribution is 2.50. The number of ether oxygens (including phenoxy) is 4. The van der Waals surface area contributed by atoms with E-state index in [1.165, 1.54) is 51.4 Å². The van der Waals surface area contributed by atoms with E-state index in [-0.39, 0.29) is 18.0 Å². The van der Waals surface area contributed by atoms with Gasteiger partial charge in [0.2, 0.25) is 0 Å². The third-order valence-electron chi connectivity index (χ3n) is 6.58. The minimum atomic E-state index is -0.280. The zero-order valence-electron chi connectivity index (χ0n) is 19.6. The molecule has 1 aliphatic rings. The van der Waals surface area contributed by atoms with Crippen LogP contribution in [0.15, 0.2) is 0 Å². The normalized spacial score (nSPS) is 21.0. The molecular formula is C24H48O4. The zero-order chi connectivity index (χ0) is 20.8. The second kappa shape index (κ2) is 14.8. The molecule has 0 amide bonds. The molecule has 1 rings (SSSR count). The van der Waals surface area contributed by atoms with Gasteiger partial charge in [0.25, 0.3) is 0 Å². The van der Waals surface area contributed by atoms with Crippen molar-refractivity contribution in [1.29, 1.82) is 0 Å². The summed E-state index contributed by atoms with van der Waals surface area (Å²) in [4.78, 5) is 0. The first kappa shape index (κ1) is 25.9. The fourth-order valence-corrected chi connectivity index (χ4v) is 5.11. The van der Waals surface area contributed by atoms with Gasteiger partial charge in [-0.3, -0.25) is 0 Å². The van der Waals surface area contributed by atoms with E-state index in [1.54, 1.807) is 0 Å². The quantitative estimate of drug-likeness (QED) is 0.217. The van der Waals surface area contributed by atoms with Crippen molar-refractivity contribution in [3.8, 4) is 0 Å². The topological polar surface area (TPSA) is 36.9 Å². The van der Waals surface area contributed by atoms with Gasteiger partial charge in [0.1, 0.15) is 0 Å². The molecule has 4 heteroatoms. The Hall–Kier alpha value is -0.160. The van der Waals surface area contributed by atoms with Crippen LogP contribution in [-0.2, 0) is 18.9 Å². The first-order valence-corrected chi connectivity index (χ1v) is 12.1. The van der Waals surface area contributed by atoms with Crippen LogP contribution in [0.5, 0.6) is 0 Å². The van der Waals surface area contributed by atoms with Crippen molar-refractivity contribution < 1.29 is 18.9 Å². The summed E-state index contributed by atoms with van der Waals surface area (Å²) < 4.78 is 24.8. The predicted molar refractivity (Wildman–Crippen MR) is 116 cm³/mol. The first-order chi connectivity index (χ1) is 13.6. The molecule has 168 valence electrons. The second-order valence-corrected chi connectivity index (χ2v) is 8.16. The maximum atomic E-state index is 6.19. The van der Waals surface area contributed by atoms with E-state index in [1.807, 2.05) is 27.7 Å². The Morgan fingerprint density at radius 1 is 0.679 bits per heavy atom. The van der Waals surface area contributed by atoms with Crippen LogP contribution >= 0.6 is 0 Å². The van der Waals surface area contributed by atoms with E-state index < -0.39 is 0 Å². The highest BCUT2D eigenvalue weighted by Gasteiger charge is 2.53. The van der Waals surface area contributed by atoms with E-state index in [9.17, 15) is 0 Å². The summed E-state index contributed by atoms with van der Waals surface area (Å²) in [6, 6.07) is 0. The average Bonchev–Trinajstić information content (AvgIpc) is 2.71. The summed E-state index contributed by atoms with van der Waals surface area (Å²) in [7, 11) is 0. The Morgan fingerprint density at radius 2 is 1.14 bits per heavy atom. The lowest BCUT2D eigenvalue weighted by Crippen LogP contribution is -2.55. The number of hydrogen-bond acceptors (Lipinski definition) is 4. The predicted octanol–water partition coefficient (Wildman–Crippen LogP) is 6.57. The fourth-order valence-electron chi connectivity index (χ4n) is 5.11. The molecule has 0 spiro atoms. The van der Waals surface area contributed by atoms with Crippen molar-refractivity contribution in [3.05, 3.63) is 0 Å². The van der Waals surface area contributed by atoms with Gasteiger partial charge in [-0.05, 0) is 58.8 Å². The van der Waals surface area contributed by atoms with Gasteiger partial charge < -0.3 is 18.9 Å². The molecule has 0 aromatic rings. The molecule has 0 heterocycles. The molecule has 1 aliphatic carbocycles. The smallest absolute Gasteiger partial charge is 0.168 e. The summed E-state index contributed by atoms with van der Waals surface area (Å²) in [6.07, 6.45) is 10.9. The molecular weight excluding hydrogens is 352 g/mol. The summed E-state index contributed by atoms with van der Waals surface area (Å²) in [6.45, 7) is 15.3. The molecule has 0 N–H and O–H groups in total. The van der Waals surface area contributed by atoms with E-state index >= 15 is 0 Å². The maximum absolute atomic E-state index is 6.19. The summed E-state index contributed by atoms with van der Waals surface area (Å²) in [5, 5.41) is 0. The Kier molecular flexibility index (Phi) is 13.6. The molecule has 28 heavy (non-hydrogen) atoms. The monoisotopic (exact) mass is 400 g/mol. The summed E-state index contributed by atoms with van der Waals surface area (Å²) in [5.41, 5.74) is -0.258. The van der Waals surface area contributed by atoms with E-state index in [0.717, 1.165) is 12.3 Å². The SMILES string of the molecule is CCCCCC1CCC(C(CC)(C(OCC)OCC)C(OCC)OCC)CC1. The zero-order valence-corrected chi connectivity index (χ0v) is 19.6. The molecule has 0 aliphatic heterocycles. The van der Waals surface area contributed by atoms with Gasteiger partial charge >= 0.3 is 0 Å². The van der Waals surface area contributed by atoms with E-state index in [2.05, 4.69) is 13.8 Å². The van der Waals surface area contributed by atoms with Gasteiger partial charge in [-0.25, -0.2) is 0 Å². The van der Waals surface area contributed by atoms with Crippen molar-refractivity contribution in [2.24, 2.45) is 17.3 Å². The van der Waals surface area contributed by atoms with Crippen molar-refractivity contribution in [2.45, 2.75) is 112 Å². The van der Waals surface area contributed by atoms with Crippen LogP contribution in [0, 0.1) is 17.3 Å². The van der Waals surface area contributed by atoms with Gasteiger partial charge in [-0.15, -0.1) is 0 Å². The van der Waals surface area contributed by atoms with Gasteiger partial charge in [0.15, 0.2) is 12.6 Å². The average molecular weight is 401 g/mol. The Balaban J connectivity index is 3.04. The Morgan fingerprint density at radius 3 is 1.50 bits per heavy atom. The van der Waals surface area contributed by atoms with Gasteiger partial charge in [-0.2, -0.15) is 0 Å². The van der Waals surface area contributed by atoms with Crippen LogP contribution in [0.25, 0.3) is 0 Å². The largest absolute Gasteiger partial charge is 0.352 e. The fraction of sp³-hybridized carbons (Fsp3) is 1.00. The van der Waals surface area contributed by atoms with Crippen LogP contribution in [0.1, 0.15) is 99.3 Å². The molecule has 0 atom stereocenters. The van der Waals surface area contributed by atoms with Crippen molar-refractivity contribution in [3.63, 3.8) is 0 Å². The van der Waals surface area contributed by atoms with Crippen molar-refractivity contribution in [1.82, 2.24) is 0 Å². The molecule has 0 bridgehead atoms. The molecule has 0 saturated heterocycles. The lowest BCUT2D eigenvalue weighted by molar-refractivity contribution is -0.313. The Labute approximate surface area is 175 Å². The van der Waals surface area contributed by atoms with Gasteiger partial charge in [0, 0.05) is 26.4 Å². The molecule has 0 unspecified atom stereocenters. The molecule has 0 aromatic heterocycles. The van der Waals surface area contributed by atoms with E-state index in [0.29, 0.717) is 32.3 Å². The van der Waals surface area contributed by atoms with Crippen LogP contribution in [0.3, 0.4) is 0 Å². The summed E-state index contributed by atoms with van der Waals surface area (Å²) >= 11 is 0. The maximum Gasteiger partial charge on any atom is 0.168 e. The molecule has 0 radical (unpaired) electrons. The molecule has 0 aromatic carbocycles. The minimum Gasteiger partial charge on any atom is -0.352 e. The second-order valence-electron chi connectivity index (χ2n) is 8.16. The lowest BCUT2D eigenvalue weighted by atomic mass is 9.63. The van der Waals surface area contributed by atoms with E-state index in [4.69, 9.17) is 18.9 Å². The third-order valence-corrected chi connectivity index (χ3v) is 6.58. The van der Waals surface area contributed by atoms with Crippen molar-refractivity contribution in [2.75, 3.05) is 26.4 Å². The highest BCUT2D eigenvalue weighted by molar-refractivity contribution is 4.94. The van der Waals surface area contributed by atoms with Crippen molar-refractivity contribution >= 4 is 0 Å². The summed E-state index contributed by atoms with van der Waals surface area (Å²) in [5.74, 6) is 1.39.